The van der Waals surface area contributed by atoms with Crippen LogP contribution in [0.1, 0.15) is 20.3 Å². The van der Waals surface area contributed by atoms with E-state index in [2.05, 4.69) is 48.0 Å². The Bertz CT molecular complexity index is 208. The molecule has 0 aliphatic carbocycles. The van der Waals surface area contributed by atoms with Crippen LogP contribution in [0.2, 0.25) is 0 Å². The van der Waals surface area contributed by atoms with Crippen LogP contribution in [-0.4, -0.2) is 87.2 Å². The fourth-order valence-electron chi connectivity index (χ4n) is 2.63. The summed E-state index contributed by atoms with van der Waals surface area (Å²) in [5.41, 5.74) is 0. The summed E-state index contributed by atoms with van der Waals surface area (Å²) in [6.45, 7) is 14.2. The van der Waals surface area contributed by atoms with E-state index in [9.17, 15) is 0 Å². The molecule has 0 aromatic heterocycles. The molecule has 4 nitrogen and oxygen atoms in total. The van der Waals surface area contributed by atoms with Crippen LogP contribution >= 0.6 is 0 Å². The molecule has 0 saturated carbocycles. The summed E-state index contributed by atoms with van der Waals surface area (Å²) in [6.07, 6.45) is 1.24. The Hall–Kier alpha value is -0.160. The molecule has 1 rings (SSSR count). The first-order chi connectivity index (χ1) is 8.63. The number of nitrogens with one attached hydrogen (secondary N) is 1. The molecular formula is C14H32N4. The van der Waals surface area contributed by atoms with E-state index in [1.54, 1.807) is 0 Å². The molecule has 1 atom stereocenters. The SMILES string of the molecule is CCN1CCN(CCNCCCN(C)C)CC1C. The van der Waals surface area contributed by atoms with Crippen LogP contribution in [0.3, 0.4) is 0 Å². The predicted octanol–water partition coefficient (Wildman–Crippen LogP) is 0.554. The minimum Gasteiger partial charge on any atom is -0.315 e. The summed E-state index contributed by atoms with van der Waals surface area (Å²) in [4.78, 5) is 7.41. The van der Waals surface area contributed by atoms with E-state index < -0.39 is 0 Å². The topological polar surface area (TPSA) is 21.8 Å². The first-order valence-corrected chi connectivity index (χ1v) is 7.45. The summed E-state index contributed by atoms with van der Waals surface area (Å²) >= 11 is 0. The van der Waals surface area contributed by atoms with E-state index in [4.69, 9.17) is 0 Å². The molecule has 1 unspecified atom stereocenters. The molecule has 0 aromatic carbocycles. The zero-order valence-corrected chi connectivity index (χ0v) is 12.8. The van der Waals surface area contributed by atoms with Crippen molar-refractivity contribution in [2.75, 3.05) is 66.5 Å². The molecule has 1 aliphatic heterocycles. The molecule has 1 saturated heterocycles. The average molecular weight is 256 g/mol. The van der Waals surface area contributed by atoms with Crippen molar-refractivity contribution in [1.82, 2.24) is 20.0 Å². The molecule has 4 heteroatoms. The lowest BCUT2D eigenvalue weighted by molar-refractivity contribution is 0.0887. The van der Waals surface area contributed by atoms with Crippen molar-refractivity contribution in [3.8, 4) is 0 Å². The number of likely N-dealkylation sites (N-methyl/N-ethyl adjacent to an activating group) is 1. The highest BCUT2D eigenvalue weighted by atomic mass is 15.3. The highest BCUT2D eigenvalue weighted by Crippen LogP contribution is 2.07. The predicted molar refractivity (Wildman–Crippen MR) is 79.2 cm³/mol. The Labute approximate surface area is 113 Å². The van der Waals surface area contributed by atoms with Gasteiger partial charge in [-0.25, -0.2) is 0 Å². The Morgan fingerprint density at radius 1 is 1.22 bits per heavy atom. The van der Waals surface area contributed by atoms with Crippen molar-refractivity contribution in [2.24, 2.45) is 0 Å². The number of nitrogens with zero attached hydrogens (tertiary/aromatic N) is 3. The largest absolute Gasteiger partial charge is 0.315 e. The van der Waals surface area contributed by atoms with Gasteiger partial charge >= 0.3 is 0 Å². The Balaban J connectivity index is 2.00. The van der Waals surface area contributed by atoms with Gasteiger partial charge in [0, 0.05) is 38.8 Å². The summed E-state index contributed by atoms with van der Waals surface area (Å²) in [6, 6.07) is 0.720. The molecule has 0 amide bonds. The molecule has 108 valence electrons. The van der Waals surface area contributed by atoms with E-state index in [1.165, 1.54) is 45.7 Å². The normalized spacial score (nSPS) is 22.8. The third-order valence-corrected chi connectivity index (χ3v) is 3.82. The first-order valence-electron chi connectivity index (χ1n) is 7.45. The lowest BCUT2D eigenvalue weighted by Gasteiger charge is -2.39. The number of rotatable bonds is 8. The molecule has 1 fully saturated rings. The van der Waals surface area contributed by atoms with Gasteiger partial charge in [0.05, 0.1) is 0 Å². The summed E-state index contributed by atoms with van der Waals surface area (Å²) in [5, 5.41) is 3.55. The van der Waals surface area contributed by atoms with Crippen LogP contribution < -0.4 is 5.32 Å². The van der Waals surface area contributed by atoms with Crippen LogP contribution in [0.4, 0.5) is 0 Å². The minimum atomic E-state index is 0.720. The molecule has 1 aliphatic rings. The molecule has 0 radical (unpaired) electrons. The molecule has 0 spiro atoms. The van der Waals surface area contributed by atoms with E-state index in [1.807, 2.05) is 0 Å². The van der Waals surface area contributed by atoms with Crippen molar-refractivity contribution < 1.29 is 0 Å². The van der Waals surface area contributed by atoms with Crippen molar-refractivity contribution in [1.29, 1.82) is 0 Å². The van der Waals surface area contributed by atoms with Gasteiger partial charge in [-0.2, -0.15) is 0 Å². The second-order valence-corrected chi connectivity index (χ2v) is 5.69. The van der Waals surface area contributed by atoms with Gasteiger partial charge in [-0.3, -0.25) is 9.80 Å². The smallest absolute Gasteiger partial charge is 0.0195 e. The van der Waals surface area contributed by atoms with Crippen LogP contribution in [-0.2, 0) is 0 Å². The standard InChI is InChI=1S/C14H32N4/c1-5-18-12-11-17(13-14(18)2)10-8-15-7-6-9-16(3)4/h14-15H,5-13H2,1-4H3. The average Bonchev–Trinajstić information content (AvgIpc) is 2.33. The third-order valence-electron chi connectivity index (χ3n) is 3.82. The van der Waals surface area contributed by atoms with Gasteiger partial charge in [-0.1, -0.05) is 6.92 Å². The Morgan fingerprint density at radius 3 is 2.61 bits per heavy atom. The number of piperazine rings is 1. The maximum atomic E-state index is 3.55. The molecule has 1 N–H and O–H groups in total. The van der Waals surface area contributed by atoms with Crippen molar-refractivity contribution in [3.63, 3.8) is 0 Å². The first kappa shape index (κ1) is 15.9. The lowest BCUT2D eigenvalue weighted by Crippen LogP contribution is -2.52. The lowest BCUT2D eigenvalue weighted by atomic mass is 10.2. The van der Waals surface area contributed by atoms with Gasteiger partial charge in [0.2, 0.25) is 0 Å². The number of hydrogen-bond donors (Lipinski definition) is 1. The monoisotopic (exact) mass is 256 g/mol. The molecule has 0 aromatic rings. The number of hydrogen-bond acceptors (Lipinski definition) is 4. The summed E-state index contributed by atoms with van der Waals surface area (Å²) in [7, 11) is 4.27. The Morgan fingerprint density at radius 2 is 2.00 bits per heavy atom. The molecular weight excluding hydrogens is 224 g/mol. The van der Waals surface area contributed by atoms with Crippen LogP contribution in [0.15, 0.2) is 0 Å². The van der Waals surface area contributed by atoms with Crippen molar-refractivity contribution in [2.45, 2.75) is 26.3 Å². The van der Waals surface area contributed by atoms with Crippen LogP contribution in [0, 0.1) is 0 Å². The molecule has 1 heterocycles. The van der Waals surface area contributed by atoms with Gasteiger partial charge in [-0.15, -0.1) is 0 Å². The van der Waals surface area contributed by atoms with Crippen LogP contribution in [0.5, 0.6) is 0 Å². The maximum Gasteiger partial charge on any atom is 0.0195 e. The zero-order valence-electron chi connectivity index (χ0n) is 12.8. The molecule has 18 heavy (non-hydrogen) atoms. The van der Waals surface area contributed by atoms with E-state index in [0.29, 0.717) is 0 Å². The fraction of sp³-hybridized carbons (Fsp3) is 1.00. The minimum absolute atomic E-state index is 0.720. The van der Waals surface area contributed by atoms with Gasteiger partial charge in [0.25, 0.3) is 0 Å². The van der Waals surface area contributed by atoms with Gasteiger partial charge in [0.1, 0.15) is 0 Å². The van der Waals surface area contributed by atoms with Gasteiger partial charge in [0.15, 0.2) is 0 Å². The van der Waals surface area contributed by atoms with E-state index in [-0.39, 0.29) is 0 Å². The second-order valence-electron chi connectivity index (χ2n) is 5.69. The quantitative estimate of drug-likeness (QED) is 0.640. The van der Waals surface area contributed by atoms with Crippen LogP contribution in [0.25, 0.3) is 0 Å². The van der Waals surface area contributed by atoms with E-state index in [0.717, 1.165) is 19.1 Å². The summed E-state index contributed by atoms with van der Waals surface area (Å²) in [5.74, 6) is 0. The Kier molecular flexibility index (Phi) is 7.82. The highest BCUT2D eigenvalue weighted by molar-refractivity contribution is 4.78. The third kappa shape index (κ3) is 6.14. The van der Waals surface area contributed by atoms with Gasteiger partial charge in [-0.05, 0) is 47.1 Å². The van der Waals surface area contributed by atoms with E-state index >= 15 is 0 Å². The second kappa shape index (κ2) is 8.86. The van der Waals surface area contributed by atoms with Gasteiger partial charge < -0.3 is 10.2 Å². The van der Waals surface area contributed by atoms with Crippen molar-refractivity contribution >= 4 is 0 Å². The summed E-state index contributed by atoms with van der Waals surface area (Å²) < 4.78 is 0. The fourth-order valence-corrected chi connectivity index (χ4v) is 2.63. The zero-order chi connectivity index (χ0) is 13.4. The maximum absolute atomic E-state index is 3.55. The highest BCUT2D eigenvalue weighted by Gasteiger charge is 2.21. The van der Waals surface area contributed by atoms with Crippen molar-refractivity contribution in [3.05, 3.63) is 0 Å². The molecule has 0 bridgehead atoms.